The molecule has 1 aliphatic rings. The molecule has 1 aliphatic heterocycles. The molecule has 1 fully saturated rings. The van der Waals surface area contributed by atoms with Gasteiger partial charge in [0.2, 0.25) is 17.7 Å². The van der Waals surface area contributed by atoms with Crippen LogP contribution in [0.4, 0.5) is 5.82 Å². The number of nitrogens with two attached hydrogens (primary N) is 1. The molecular weight excluding hydrogens is 360 g/mol. The summed E-state index contributed by atoms with van der Waals surface area (Å²) < 4.78 is 5.84. The lowest BCUT2D eigenvalue weighted by Crippen LogP contribution is -2.47. The number of nitrogens with zero attached hydrogens (tertiary/aromatic N) is 6. The van der Waals surface area contributed by atoms with Crippen molar-refractivity contribution >= 4 is 23.5 Å². The lowest BCUT2D eigenvalue weighted by molar-refractivity contribution is -0.114. The third-order valence-electron chi connectivity index (χ3n) is 4.10. The van der Waals surface area contributed by atoms with Crippen LogP contribution in [0.1, 0.15) is 33.0 Å². The third-order valence-corrected chi connectivity index (χ3v) is 4.10. The maximum absolute atomic E-state index is 11.3. The van der Waals surface area contributed by atoms with Crippen molar-refractivity contribution in [2.75, 3.05) is 38.5 Å². The Morgan fingerprint density at radius 1 is 1.36 bits per heavy atom. The van der Waals surface area contributed by atoms with E-state index in [2.05, 4.69) is 42.1 Å². The number of amides is 1. The first-order valence-corrected chi connectivity index (χ1v) is 9.41. The Bertz CT molecular complexity index is 741. The van der Waals surface area contributed by atoms with Gasteiger partial charge in [0.05, 0.1) is 0 Å². The maximum Gasteiger partial charge on any atom is 0.225 e. The van der Waals surface area contributed by atoms with Crippen molar-refractivity contribution in [2.24, 2.45) is 15.7 Å². The summed E-state index contributed by atoms with van der Waals surface area (Å²) in [6.07, 6.45) is 0.107. The van der Waals surface area contributed by atoms with Gasteiger partial charge in [-0.25, -0.2) is 15.0 Å². The standard InChI is InChI=1S/C18H30N8O2/c1-6-15(19)24-18(26-9-7-25(5)8-10-26)23-14(4)28-17-11-16(22-13(3)27)20-12(2)21-17/h11,14H,6-10H2,1-5H3,(H2,19,23,24)(H,20,21,22,27). The van der Waals surface area contributed by atoms with E-state index >= 15 is 0 Å². The molecule has 0 bridgehead atoms. The molecule has 10 heteroatoms. The molecule has 0 aliphatic carbocycles. The number of carbonyl (C=O) groups is 1. The van der Waals surface area contributed by atoms with Crippen LogP contribution in [-0.2, 0) is 4.79 Å². The van der Waals surface area contributed by atoms with Crippen molar-refractivity contribution in [3.05, 3.63) is 11.9 Å². The van der Waals surface area contributed by atoms with E-state index in [1.807, 2.05) is 13.8 Å². The molecule has 10 nitrogen and oxygen atoms in total. The fourth-order valence-corrected chi connectivity index (χ4v) is 2.60. The quantitative estimate of drug-likeness (QED) is 0.564. The summed E-state index contributed by atoms with van der Waals surface area (Å²) in [6, 6.07) is 1.57. The van der Waals surface area contributed by atoms with Crippen molar-refractivity contribution in [3.63, 3.8) is 0 Å². The number of hydrogen-bond donors (Lipinski definition) is 2. The number of aryl methyl sites for hydroxylation is 1. The Hall–Kier alpha value is -2.75. The average Bonchev–Trinajstić information content (AvgIpc) is 2.60. The van der Waals surface area contributed by atoms with E-state index in [0.29, 0.717) is 35.7 Å². The molecule has 1 amide bonds. The molecule has 3 N–H and O–H groups in total. The largest absolute Gasteiger partial charge is 0.452 e. The van der Waals surface area contributed by atoms with Crippen LogP contribution < -0.4 is 15.8 Å². The smallest absolute Gasteiger partial charge is 0.225 e. The predicted molar refractivity (Wildman–Crippen MR) is 110 cm³/mol. The highest BCUT2D eigenvalue weighted by Crippen LogP contribution is 2.15. The second kappa shape index (κ2) is 9.98. The zero-order valence-corrected chi connectivity index (χ0v) is 17.3. The zero-order valence-electron chi connectivity index (χ0n) is 17.3. The Kier molecular flexibility index (Phi) is 7.68. The number of carbonyl (C=O) groups excluding carboxylic acids is 1. The number of ether oxygens (including phenoxy) is 1. The van der Waals surface area contributed by atoms with Crippen LogP contribution in [0, 0.1) is 6.92 Å². The fraction of sp³-hybridized carbons (Fsp3) is 0.611. The number of likely N-dealkylation sites (N-methyl/N-ethyl adjacent to an activating group) is 1. The number of piperazine rings is 1. The Labute approximate surface area is 165 Å². The van der Waals surface area contributed by atoms with Gasteiger partial charge in [-0.15, -0.1) is 0 Å². The first-order chi connectivity index (χ1) is 13.3. The van der Waals surface area contributed by atoms with E-state index in [9.17, 15) is 4.79 Å². The first kappa shape index (κ1) is 21.5. The van der Waals surface area contributed by atoms with Gasteiger partial charge in [-0.05, 0) is 20.9 Å². The van der Waals surface area contributed by atoms with E-state index in [4.69, 9.17) is 10.5 Å². The highest BCUT2D eigenvalue weighted by Gasteiger charge is 2.19. The number of rotatable bonds is 5. The molecule has 1 saturated heterocycles. The van der Waals surface area contributed by atoms with Gasteiger partial charge in [-0.2, -0.15) is 4.98 Å². The summed E-state index contributed by atoms with van der Waals surface area (Å²) in [6.45, 7) is 10.4. The summed E-state index contributed by atoms with van der Waals surface area (Å²) in [5.41, 5.74) is 5.95. The van der Waals surface area contributed by atoms with Crippen molar-refractivity contribution in [2.45, 2.75) is 40.3 Å². The number of amidine groups is 1. The minimum atomic E-state index is -0.539. The van der Waals surface area contributed by atoms with Crippen LogP contribution in [0.15, 0.2) is 16.1 Å². The summed E-state index contributed by atoms with van der Waals surface area (Å²) >= 11 is 0. The molecule has 0 spiro atoms. The van der Waals surface area contributed by atoms with Gasteiger partial charge < -0.3 is 25.6 Å². The number of aliphatic imine (C=N–C) groups is 2. The van der Waals surface area contributed by atoms with Crippen molar-refractivity contribution in [3.8, 4) is 5.88 Å². The molecule has 0 saturated carbocycles. The van der Waals surface area contributed by atoms with E-state index in [1.165, 1.54) is 6.92 Å². The minimum absolute atomic E-state index is 0.211. The van der Waals surface area contributed by atoms with Gasteiger partial charge >= 0.3 is 0 Å². The second-order valence-corrected chi connectivity index (χ2v) is 6.71. The van der Waals surface area contributed by atoms with Gasteiger partial charge in [-0.3, -0.25) is 4.79 Å². The molecule has 2 rings (SSSR count). The van der Waals surface area contributed by atoms with Crippen LogP contribution in [0.2, 0.25) is 0 Å². The fourth-order valence-electron chi connectivity index (χ4n) is 2.60. The summed E-state index contributed by atoms with van der Waals surface area (Å²) in [5.74, 6) is 2.08. The topological polar surface area (TPSA) is 121 Å². The lowest BCUT2D eigenvalue weighted by atomic mass is 10.3. The zero-order chi connectivity index (χ0) is 20.7. The normalized spacial score (nSPS) is 17.4. The van der Waals surface area contributed by atoms with Crippen molar-refractivity contribution < 1.29 is 9.53 Å². The summed E-state index contributed by atoms with van der Waals surface area (Å²) in [7, 11) is 2.09. The van der Waals surface area contributed by atoms with Gasteiger partial charge in [0.15, 0.2) is 6.23 Å². The van der Waals surface area contributed by atoms with Crippen molar-refractivity contribution in [1.29, 1.82) is 0 Å². The highest BCUT2D eigenvalue weighted by atomic mass is 16.5. The summed E-state index contributed by atoms with van der Waals surface area (Å²) in [5, 5.41) is 2.63. The average molecular weight is 390 g/mol. The third kappa shape index (κ3) is 6.76. The molecule has 0 radical (unpaired) electrons. The molecule has 1 atom stereocenters. The predicted octanol–water partition coefficient (Wildman–Crippen LogP) is 0.839. The van der Waals surface area contributed by atoms with Gasteiger partial charge in [0.1, 0.15) is 17.5 Å². The molecule has 0 aromatic carbocycles. The molecular formula is C18H30N8O2. The Balaban J connectivity index is 2.19. The van der Waals surface area contributed by atoms with Crippen LogP contribution in [0.25, 0.3) is 0 Å². The van der Waals surface area contributed by atoms with Crippen molar-refractivity contribution in [1.82, 2.24) is 19.8 Å². The first-order valence-electron chi connectivity index (χ1n) is 9.41. The van der Waals surface area contributed by atoms with Gasteiger partial charge in [-0.1, -0.05) is 6.92 Å². The number of aromatic nitrogens is 2. The van der Waals surface area contributed by atoms with E-state index in [0.717, 1.165) is 26.2 Å². The van der Waals surface area contributed by atoms with Crippen LogP contribution >= 0.6 is 0 Å². The van der Waals surface area contributed by atoms with Gasteiger partial charge in [0.25, 0.3) is 0 Å². The molecule has 1 unspecified atom stereocenters. The molecule has 28 heavy (non-hydrogen) atoms. The Morgan fingerprint density at radius 3 is 2.64 bits per heavy atom. The van der Waals surface area contributed by atoms with Gasteiger partial charge in [0, 0.05) is 45.6 Å². The van der Waals surface area contributed by atoms with Crippen LogP contribution in [0.3, 0.4) is 0 Å². The number of hydrogen-bond acceptors (Lipinski definition) is 6. The lowest BCUT2D eigenvalue weighted by Gasteiger charge is -2.33. The number of nitrogens with one attached hydrogen (secondary N) is 1. The van der Waals surface area contributed by atoms with E-state index < -0.39 is 6.23 Å². The maximum atomic E-state index is 11.3. The minimum Gasteiger partial charge on any atom is -0.452 e. The molecule has 1 aromatic heterocycles. The highest BCUT2D eigenvalue weighted by molar-refractivity contribution is 5.95. The van der Waals surface area contributed by atoms with Crippen LogP contribution in [0.5, 0.6) is 5.88 Å². The summed E-state index contributed by atoms with van der Waals surface area (Å²) in [4.78, 5) is 33.1. The molecule has 1 aromatic rings. The molecule has 2 heterocycles. The van der Waals surface area contributed by atoms with Crippen LogP contribution in [-0.4, -0.2) is 76.9 Å². The number of guanidine groups is 1. The van der Waals surface area contributed by atoms with E-state index in [-0.39, 0.29) is 5.91 Å². The second-order valence-electron chi connectivity index (χ2n) is 6.71. The Morgan fingerprint density at radius 2 is 2.04 bits per heavy atom. The SMILES string of the molecule is CCC(N)=NC(=NC(C)Oc1cc(NC(C)=O)nc(C)n1)N1CCN(C)CC1. The van der Waals surface area contributed by atoms with E-state index in [1.54, 1.807) is 13.0 Å². The molecule has 154 valence electrons. The monoisotopic (exact) mass is 390 g/mol. The number of anilines is 1.